The van der Waals surface area contributed by atoms with Crippen LogP contribution in [0.2, 0.25) is 5.02 Å². The Morgan fingerprint density at radius 2 is 1.36 bits per heavy atom. The minimum absolute atomic E-state index is 0.0693. The topological polar surface area (TPSA) is 68.3 Å². The number of piperazine rings is 1. The Kier molecular flexibility index (Phi) is 8.38. The molecule has 3 rings (SSSR count). The van der Waals surface area contributed by atoms with Crippen LogP contribution < -0.4 is 14.2 Å². The molecule has 1 heterocycles. The molecule has 7 nitrogen and oxygen atoms in total. The Morgan fingerprint density at radius 3 is 1.85 bits per heavy atom. The van der Waals surface area contributed by atoms with Gasteiger partial charge in [0.1, 0.15) is 5.82 Å². The molecule has 1 saturated heterocycles. The Labute approximate surface area is 198 Å². The van der Waals surface area contributed by atoms with Crippen molar-refractivity contribution in [2.24, 2.45) is 0 Å². The van der Waals surface area contributed by atoms with E-state index in [2.05, 4.69) is 0 Å². The quantitative estimate of drug-likeness (QED) is 0.566. The lowest BCUT2D eigenvalue weighted by molar-refractivity contribution is 0.0535. The van der Waals surface area contributed by atoms with Gasteiger partial charge in [0.25, 0.3) is 11.8 Å². The zero-order valence-electron chi connectivity index (χ0n) is 19.0. The summed E-state index contributed by atoms with van der Waals surface area (Å²) >= 11 is 6.03. The molecule has 33 heavy (non-hydrogen) atoms. The van der Waals surface area contributed by atoms with Crippen LogP contribution >= 0.6 is 11.6 Å². The molecule has 0 aromatic heterocycles. The van der Waals surface area contributed by atoms with Gasteiger partial charge in [0.15, 0.2) is 11.5 Å². The normalized spacial score (nSPS) is 13.6. The highest BCUT2D eigenvalue weighted by atomic mass is 35.5. The summed E-state index contributed by atoms with van der Waals surface area (Å²) in [5.74, 6) is 0.406. The summed E-state index contributed by atoms with van der Waals surface area (Å²) in [5, 5.41) is 0.0693. The fourth-order valence-corrected chi connectivity index (χ4v) is 3.89. The Hall–Kier alpha value is -3.00. The van der Waals surface area contributed by atoms with Crippen LogP contribution in [0.4, 0.5) is 4.39 Å². The maximum atomic E-state index is 13.3. The van der Waals surface area contributed by atoms with Gasteiger partial charge in [-0.25, -0.2) is 4.39 Å². The van der Waals surface area contributed by atoms with Gasteiger partial charge in [-0.1, -0.05) is 11.6 Å². The van der Waals surface area contributed by atoms with Crippen LogP contribution in [0.3, 0.4) is 0 Å². The molecule has 0 aliphatic carbocycles. The maximum absolute atomic E-state index is 13.3. The summed E-state index contributed by atoms with van der Waals surface area (Å²) in [7, 11) is 0. The van der Waals surface area contributed by atoms with Gasteiger partial charge in [-0.3, -0.25) is 9.59 Å². The van der Waals surface area contributed by atoms with Gasteiger partial charge in [-0.15, -0.1) is 0 Å². The van der Waals surface area contributed by atoms with E-state index in [4.69, 9.17) is 25.8 Å². The van der Waals surface area contributed by atoms with E-state index in [9.17, 15) is 14.0 Å². The zero-order chi connectivity index (χ0) is 24.0. The molecule has 0 N–H and O–H groups in total. The minimum Gasteiger partial charge on any atom is -0.490 e. The van der Waals surface area contributed by atoms with Gasteiger partial charge >= 0.3 is 0 Å². The number of benzene rings is 2. The first-order valence-electron chi connectivity index (χ1n) is 11.0. The monoisotopic (exact) mass is 478 g/mol. The number of carbonyl (C=O) groups is 2. The SMILES string of the molecule is CCOc1cc(C(=O)N2CCN(C(=O)c3ccc(F)cc3Cl)CC2)cc(OCC)c1OCC. The summed E-state index contributed by atoms with van der Waals surface area (Å²) < 4.78 is 30.4. The molecule has 0 bridgehead atoms. The fourth-order valence-electron chi connectivity index (χ4n) is 3.64. The molecule has 2 aromatic carbocycles. The third-order valence-corrected chi connectivity index (χ3v) is 5.48. The average molecular weight is 479 g/mol. The first-order valence-corrected chi connectivity index (χ1v) is 11.4. The van der Waals surface area contributed by atoms with E-state index in [-0.39, 0.29) is 22.4 Å². The number of rotatable bonds is 8. The van der Waals surface area contributed by atoms with Crippen molar-refractivity contribution in [1.29, 1.82) is 0 Å². The molecule has 2 aromatic rings. The van der Waals surface area contributed by atoms with Crippen molar-refractivity contribution in [3.63, 3.8) is 0 Å². The van der Waals surface area contributed by atoms with Gasteiger partial charge < -0.3 is 24.0 Å². The van der Waals surface area contributed by atoms with Gasteiger partial charge in [0, 0.05) is 31.7 Å². The summed E-state index contributed by atoms with van der Waals surface area (Å²) in [4.78, 5) is 29.3. The van der Waals surface area contributed by atoms with Crippen molar-refractivity contribution in [3.8, 4) is 17.2 Å². The van der Waals surface area contributed by atoms with Gasteiger partial charge in [0.2, 0.25) is 5.75 Å². The predicted molar refractivity (Wildman–Crippen MR) is 123 cm³/mol. The van der Waals surface area contributed by atoms with Gasteiger partial charge in [-0.05, 0) is 51.1 Å². The van der Waals surface area contributed by atoms with Crippen LogP contribution in [-0.2, 0) is 0 Å². The molecule has 1 fully saturated rings. The highest BCUT2D eigenvalue weighted by Gasteiger charge is 2.28. The van der Waals surface area contributed by atoms with Crippen LogP contribution in [0.5, 0.6) is 17.2 Å². The molecule has 0 unspecified atom stereocenters. The minimum atomic E-state index is -0.500. The highest BCUT2D eigenvalue weighted by molar-refractivity contribution is 6.33. The summed E-state index contributed by atoms with van der Waals surface area (Å²) in [6.45, 7) is 8.22. The van der Waals surface area contributed by atoms with E-state index in [1.54, 1.807) is 21.9 Å². The first-order chi connectivity index (χ1) is 15.9. The molecule has 178 valence electrons. The van der Waals surface area contributed by atoms with E-state index < -0.39 is 5.82 Å². The van der Waals surface area contributed by atoms with Crippen LogP contribution in [-0.4, -0.2) is 67.6 Å². The van der Waals surface area contributed by atoms with E-state index in [0.717, 1.165) is 6.07 Å². The number of hydrogen-bond acceptors (Lipinski definition) is 5. The molecular weight excluding hydrogens is 451 g/mol. The standard InChI is InChI=1S/C24H28ClFN2O5/c1-4-31-20-13-16(14-21(32-5-2)22(20)33-6-3)23(29)27-9-11-28(12-10-27)24(30)18-8-7-17(26)15-19(18)25/h7-8,13-15H,4-6,9-12H2,1-3H3. The van der Waals surface area contributed by atoms with Gasteiger partial charge in [-0.2, -0.15) is 0 Å². The van der Waals surface area contributed by atoms with E-state index in [1.807, 2.05) is 20.8 Å². The third-order valence-electron chi connectivity index (χ3n) is 5.17. The molecule has 0 atom stereocenters. The second-order valence-corrected chi connectivity index (χ2v) is 7.72. The van der Waals surface area contributed by atoms with Crippen molar-refractivity contribution < 1.29 is 28.2 Å². The molecule has 1 aliphatic rings. The number of hydrogen-bond donors (Lipinski definition) is 0. The van der Waals surface area contributed by atoms with Crippen molar-refractivity contribution in [2.75, 3.05) is 46.0 Å². The molecule has 1 aliphatic heterocycles. The van der Waals surface area contributed by atoms with Gasteiger partial charge in [0.05, 0.1) is 30.4 Å². The highest BCUT2D eigenvalue weighted by Crippen LogP contribution is 2.39. The van der Waals surface area contributed by atoms with Crippen molar-refractivity contribution in [2.45, 2.75) is 20.8 Å². The molecule has 2 amide bonds. The lowest BCUT2D eigenvalue weighted by Gasteiger charge is -2.35. The summed E-state index contributed by atoms with van der Waals surface area (Å²) in [6, 6.07) is 7.02. The lowest BCUT2D eigenvalue weighted by Crippen LogP contribution is -2.50. The molecule has 0 spiro atoms. The van der Waals surface area contributed by atoms with Crippen molar-refractivity contribution >= 4 is 23.4 Å². The number of amides is 2. The average Bonchev–Trinajstić information content (AvgIpc) is 2.80. The molecule has 9 heteroatoms. The summed E-state index contributed by atoms with van der Waals surface area (Å²) in [5.41, 5.74) is 0.666. The number of carbonyl (C=O) groups excluding carboxylic acids is 2. The number of ether oxygens (including phenoxy) is 3. The second kappa shape index (κ2) is 11.2. The Bertz CT molecular complexity index is 981. The fraction of sp³-hybridized carbons (Fsp3) is 0.417. The molecule has 0 radical (unpaired) electrons. The zero-order valence-corrected chi connectivity index (χ0v) is 19.8. The first kappa shape index (κ1) is 24.6. The summed E-state index contributed by atoms with van der Waals surface area (Å²) in [6.07, 6.45) is 0. The molecule has 0 saturated carbocycles. The second-order valence-electron chi connectivity index (χ2n) is 7.31. The lowest BCUT2D eigenvalue weighted by atomic mass is 10.1. The Balaban J connectivity index is 1.75. The largest absolute Gasteiger partial charge is 0.490 e. The van der Waals surface area contributed by atoms with E-state index in [0.29, 0.717) is 68.8 Å². The van der Waals surface area contributed by atoms with Crippen LogP contribution in [0.25, 0.3) is 0 Å². The maximum Gasteiger partial charge on any atom is 0.255 e. The van der Waals surface area contributed by atoms with Crippen LogP contribution in [0.15, 0.2) is 30.3 Å². The predicted octanol–water partition coefficient (Wildman–Crippen LogP) is 4.27. The van der Waals surface area contributed by atoms with Crippen LogP contribution in [0, 0.1) is 5.82 Å². The van der Waals surface area contributed by atoms with Crippen molar-refractivity contribution in [1.82, 2.24) is 9.80 Å². The Morgan fingerprint density at radius 1 is 0.848 bits per heavy atom. The van der Waals surface area contributed by atoms with Crippen LogP contribution in [0.1, 0.15) is 41.5 Å². The van der Waals surface area contributed by atoms with E-state index >= 15 is 0 Å². The van der Waals surface area contributed by atoms with E-state index in [1.165, 1.54) is 12.1 Å². The number of nitrogens with zero attached hydrogens (tertiary/aromatic N) is 2. The van der Waals surface area contributed by atoms with Crippen molar-refractivity contribution in [3.05, 3.63) is 52.3 Å². The molecular formula is C24H28ClFN2O5. The smallest absolute Gasteiger partial charge is 0.255 e. The number of halogens is 2. The third kappa shape index (κ3) is 5.68.